The van der Waals surface area contributed by atoms with Crippen LogP contribution in [0.1, 0.15) is 64.7 Å². The third-order valence-corrected chi connectivity index (χ3v) is 4.25. The fourth-order valence-electron chi connectivity index (χ4n) is 3.18. The molecule has 2 bridgehead atoms. The quantitative estimate of drug-likeness (QED) is 0.404. The summed E-state index contributed by atoms with van der Waals surface area (Å²) in [4.78, 5) is 0. The first kappa shape index (κ1) is 12.0. The van der Waals surface area contributed by atoms with Gasteiger partial charge in [-0.1, -0.05) is 56.9 Å². The predicted octanol–water partition coefficient (Wildman–Crippen LogP) is 5.26. The van der Waals surface area contributed by atoms with Crippen molar-refractivity contribution in [1.29, 1.82) is 0 Å². The van der Waals surface area contributed by atoms with Gasteiger partial charge in [-0.05, 0) is 38.0 Å². The maximum Gasteiger partial charge on any atom is 0.00668 e. The zero-order chi connectivity index (χ0) is 11.3. The summed E-state index contributed by atoms with van der Waals surface area (Å²) >= 11 is 0. The molecule has 2 atom stereocenters. The first-order valence-corrected chi connectivity index (χ1v) is 7.22. The summed E-state index contributed by atoms with van der Waals surface area (Å²) < 4.78 is 0. The smallest absolute Gasteiger partial charge is 0.00668 e. The zero-order valence-corrected chi connectivity index (χ0v) is 10.8. The molecule has 0 spiro atoms. The number of hydrogen-bond acceptors (Lipinski definition) is 0. The van der Waals surface area contributed by atoms with E-state index >= 15 is 0 Å². The van der Waals surface area contributed by atoms with Gasteiger partial charge in [0.25, 0.3) is 0 Å². The standard InChI is InChI=1S/C16H26/c1-2-3-4-5-6-7-8-11-16-12-9-15(14-16)10-13-16/h8-9,11-12,15H,2-7,10,13-14H2,1H3. The Balaban J connectivity index is 1.61. The molecular formula is C16H26. The number of unbranched alkanes of at least 4 members (excludes halogenated alkanes) is 5. The van der Waals surface area contributed by atoms with Crippen LogP contribution in [0.5, 0.6) is 0 Å². The Hall–Kier alpha value is -0.520. The minimum Gasteiger partial charge on any atom is -0.0877 e. The highest BCUT2D eigenvalue weighted by Crippen LogP contribution is 2.50. The van der Waals surface area contributed by atoms with Crippen LogP contribution < -0.4 is 0 Å². The third kappa shape index (κ3) is 2.99. The summed E-state index contributed by atoms with van der Waals surface area (Å²) in [6.45, 7) is 2.28. The van der Waals surface area contributed by atoms with Gasteiger partial charge in [-0.15, -0.1) is 0 Å². The number of allylic oxidation sites excluding steroid dienone is 4. The van der Waals surface area contributed by atoms with Crippen molar-refractivity contribution in [3.05, 3.63) is 24.3 Å². The van der Waals surface area contributed by atoms with Crippen LogP contribution in [0.2, 0.25) is 0 Å². The zero-order valence-electron chi connectivity index (χ0n) is 10.8. The predicted molar refractivity (Wildman–Crippen MR) is 71.4 cm³/mol. The normalized spacial score (nSPS) is 31.9. The first-order chi connectivity index (χ1) is 7.85. The Bertz CT molecular complexity index is 261. The van der Waals surface area contributed by atoms with E-state index in [1.807, 2.05) is 0 Å². The van der Waals surface area contributed by atoms with Crippen LogP contribution in [0.3, 0.4) is 0 Å². The molecule has 16 heavy (non-hydrogen) atoms. The Kier molecular flexibility index (Phi) is 4.26. The first-order valence-electron chi connectivity index (χ1n) is 7.22. The van der Waals surface area contributed by atoms with E-state index < -0.39 is 0 Å². The van der Waals surface area contributed by atoms with Gasteiger partial charge in [-0.3, -0.25) is 0 Å². The lowest BCUT2D eigenvalue weighted by Crippen LogP contribution is -2.06. The molecule has 0 saturated heterocycles. The molecule has 0 aromatic heterocycles. The lowest BCUT2D eigenvalue weighted by Gasteiger charge is -2.17. The second-order valence-electron chi connectivity index (χ2n) is 5.70. The van der Waals surface area contributed by atoms with Crippen LogP contribution >= 0.6 is 0 Å². The highest BCUT2D eigenvalue weighted by Gasteiger charge is 2.38. The van der Waals surface area contributed by atoms with Crippen molar-refractivity contribution in [3.63, 3.8) is 0 Å². The molecule has 2 unspecified atom stereocenters. The number of hydrogen-bond donors (Lipinski definition) is 0. The van der Waals surface area contributed by atoms with E-state index in [0.29, 0.717) is 5.41 Å². The van der Waals surface area contributed by atoms with Crippen molar-refractivity contribution >= 4 is 0 Å². The molecule has 2 rings (SSSR count). The topological polar surface area (TPSA) is 0 Å². The maximum absolute atomic E-state index is 2.51. The van der Waals surface area contributed by atoms with E-state index in [-0.39, 0.29) is 0 Å². The second kappa shape index (κ2) is 5.70. The Morgan fingerprint density at radius 1 is 1.25 bits per heavy atom. The van der Waals surface area contributed by atoms with Crippen molar-refractivity contribution in [2.45, 2.75) is 64.7 Å². The molecule has 2 aliphatic carbocycles. The van der Waals surface area contributed by atoms with Gasteiger partial charge in [0.05, 0.1) is 0 Å². The molecule has 90 valence electrons. The van der Waals surface area contributed by atoms with Crippen molar-refractivity contribution < 1.29 is 0 Å². The molecule has 0 aliphatic heterocycles. The fraction of sp³-hybridized carbons (Fsp3) is 0.750. The molecule has 0 heterocycles. The van der Waals surface area contributed by atoms with Gasteiger partial charge in [0.15, 0.2) is 0 Å². The summed E-state index contributed by atoms with van der Waals surface area (Å²) in [6.07, 6.45) is 22.4. The van der Waals surface area contributed by atoms with Crippen LogP contribution in [-0.2, 0) is 0 Å². The molecular weight excluding hydrogens is 192 g/mol. The van der Waals surface area contributed by atoms with Crippen LogP contribution in [-0.4, -0.2) is 0 Å². The van der Waals surface area contributed by atoms with Crippen molar-refractivity contribution in [2.75, 3.05) is 0 Å². The third-order valence-electron chi connectivity index (χ3n) is 4.25. The van der Waals surface area contributed by atoms with Crippen LogP contribution in [0.15, 0.2) is 24.3 Å². The van der Waals surface area contributed by atoms with Gasteiger partial charge in [0.2, 0.25) is 0 Å². The van der Waals surface area contributed by atoms with Crippen LogP contribution in [0, 0.1) is 11.3 Å². The molecule has 2 aliphatic rings. The van der Waals surface area contributed by atoms with E-state index in [2.05, 4.69) is 31.2 Å². The minimum absolute atomic E-state index is 0.494. The van der Waals surface area contributed by atoms with E-state index in [4.69, 9.17) is 0 Å². The summed E-state index contributed by atoms with van der Waals surface area (Å²) in [5.41, 5.74) is 0.494. The number of fused-ring (bicyclic) bond motifs is 2. The van der Waals surface area contributed by atoms with Crippen LogP contribution in [0.4, 0.5) is 0 Å². The van der Waals surface area contributed by atoms with E-state index in [9.17, 15) is 0 Å². The molecule has 1 saturated carbocycles. The lowest BCUT2D eigenvalue weighted by molar-refractivity contribution is 0.520. The lowest BCUT2D eigenvalue weighted by atomic mass is 9.87. The highest BCUT2D eigenvalue weighted by molar-refractivity contribution is 5.22. The Morgan fingerprint density at radius 2 is 2.12 bits per heavy atom. The van der Waals surface area contributed by atoms with E-state index in [1.165, 1.54) is 57.8 Å². The molecule has 0 N–H and O–H groups in total. The van der Waals surface area contributed by atoms with Gasteiger partial charge in [-0.2, -0.15) is 0 Å². The van der Waals surface area contributed by atoms with E-state index in [0.717, 1.165) is 5.92 Å². The van der Waals surface area contributed by atoms with E-state index in [1.54, 1.807) is 0 Å². The summed E-state index contributed by atoms with van der Waals surface area (Å²) in [5.74, 6) is 0.911. The monoisotopic (exact) mass is 218 g/mol. The SMILES string of the molecule is CCCCCCCC=CC12C=CC(CC1)C2. The molecule has 0 aromatic carbocycles. The Morgan fingerprint density at radius 3 is 2.75 bits per heavy atom. The number of rotatable bonds is 7. The second-order valence-corrected chi connectivity index (χ2v) is 5.70. The highest BCUT2D eigenvalue weighted by atomic mass is 14.4. The molecule has 0 amide bonds. The largest absolute Gasteiger partial charge is 0.0877 e. The van der Waals surface area contributed by atoms with Crippen LogP contribution in [0.25, 0.3) is 0 Å². The molecule has 0 aromatic rings. The Labute approximate surface area is 101 Å². The van der Waals surface area contributed by atoms with Crippen molar-refractivity contribution in [3.8, 4) is 0 Å². The minimum atomic E-state index is 0.494. The molecule has 1 fully saturated rings. The van der Waals surface area contributed by atoms with Gasteiger partial charge >= 0.3 is 0 Å². The average molecular weight is 218 g/mol. The molecule has 0 nitrogen and oxygen atoms in total. The maximum atomic E-state index is 2.51. The summed E-state index contributed by atoms with van der Waals surface area (Å²) in [5, 5.41) is 0. The average Bonchev–Trinajstić information content (AvgIpc) is 2.88. The molecule has 0 heteroatoms. The molecule has 0 radical (unpaired) electrons. The van der Waals surface area contributed by atoms with Gasteiger partial charge in [0.1, 0.15) is 0 Å². The van der Waals surface area contributed by atoms with Gasteiger partial charge < -0.3 is 0 Å². The van der Waals surface area contributed by atoms with Gasteiger partial charge in [-0.25, -0.2) is 0 Å². The van der Waals surface area contributed by atoms with Crippen molar-refractivity contribution in [2.24, 2.45) is 11.3 Å². The summed E-state index contributed by atoms with van der Waals surface area (Å²) in [6, 6.07) is 0. The summed E-state index contributed by atoms with van der Waals surface area (Å²) in [7, 11) is 0. The van der Waals surface area contributed by atoms with Crippen molar-refractivity contribution in [1.82, 2.24) is 0 Å². The van der Waals surface area contributed by atoms with Gasteiger partial charge in [0, 0.05) is 5.41 Å². The fourth-order valence-corrected chi connectivity index (χ4v) is 3.18.